The number of methoxy groups -OCH3 is 3. The first-order valence-electron chi connectivity index (χ1n) is 10.6. The molecule has 0 saturated heterocycles. The summed E-state index contributed by atoms with van der Waals surface area (Å²) in [5.74, 6) is 1.80. The minimum atomic E-state index is -0.0868. The summed E-state index contributed by atoms with van der Waals surface area (Å²) in [7, 11) is 4.79. The number of carbonyl (C=O) groups is 1. The average Bonchev–Trinajstić information content (AvgIpc) is 2.99. The van der Waals surface area contributed by atoms with Crippen LogP contribution in [0.1, 0.15) is 22.8 Å². The number of ether oxygens (including phenoxy) is 3. The number of nitrogens with zero attached hydrogens (tertiary/aromatic N) is 1. The van der Waals surface area contributed by atoms with Gasteiger partial charge in [0.25, 0.3) is 0 Å². The minimum absolute atomic E-state index is 0.0835. The summed E-state index contributed by atoms with van der Waals surface area (Å²) in [4.78, 5) is 17.7. The number of fused-ring (bicyclic) bond motifs is 1. The maximum atomic E-state index is 13.5. The molecule has 0 aliphatic carbocycles. The first-order valence-corrected chi connectivity index (χ1v) is 12.7. The summed E-state index contributed by atoms with van der Waals surface area (Å²) in [6.45, 7) is 0.535. The fourth-order valence-electron chi connectivity index (χ4n) is 3.94. The molecule has 0 aromatic heterocycles. The molecule has 0 N–H and O–H groups in total. The predicted molar refractivity (Wildman–Crippen MR) is 135 cm³/mol. The maximum absolute atomic E-state index is 13.5. The predicted octanol–water partition coefficient (Wildman–Crippen LogP) is 6.20. The van der Waals surface area contributed by atoms with Crippen molar-refractivity contribution < 1.29 is 19.0 Å². The van der Waals surface area contributed by atoms with E-state index in [2.05, 4.69) is 36.6 Å². The summed E-state index contributed by atoms with van der Waals surface area (Å²) >= 11 is 3.40. The van der Waals surface area contributed by atoms with Gasteiger partial charge in [0.15, 0.2) is 11.5 Å². The zero-order valence-electron chi connectivity index (χ0n) is 19.2. The van der Waals surface area contributed by atoms with Gasteiger partial charge in [-0.2, -0.15) is 0 Å². The van der Waals surface area contributed by atoms with Crippen molar-refractivity contribution in [2.24, 2.45) is 0 Å². The lowest BCUT2D eigenvalue weighted by atomic mass is 10.1. The van der Waals surface area contributed by atoms with Gasteiger partial charge in [-0.25, -0.2) is 0 Å². The van der Waals surface area contributed by atoms with E-state index in [0.717, 1.165) is 21.7 Å². The molecular weight excluding hydrogens is 454 g/mol. The second kappa shape index (κ2) is 10.4. The summed E-state index contributed by atoms with van der Waals surface area (Å²) < 4.78 is 16.6. The van der Waals surface area contributed by atoms with Crippen LogP contribution >= 0.6 is 23.5 Å². The number of hydrogen-bond donors (Lipinski definition) is 0. The van der Waals surface area contributed by atoms with E-state index in [4.69, 9.17) is 14.2 Å². The highest BCUT2D eigenvalue weighted by molar-refractivity contribution is 7.99. The van der Waals surface area contributed by atoms with E-state index in [9.17, 15) is 4.79 Å². The molecule has 1 aliphatic rings. The van der Waals surface area contributed by atoms with E-state index in [1.807, 2.05) is 35.2 Å². The zero-order valence-corrected chi connectivity index (χ0v) is 20.8. The second-order valence-corrected chi connectivity index (χ2v) is 9.69. The van der Waals surface area contributed by atoms with Crippen molar-refractivity contribution in [1.82, 2.24) is 0 Å². The Bertz CT molecular complexity index is 1110. The van der Waals surface area contributed by atoms with E-state index in [1.54, 1.807) is 44.9 Å². The van der Waals surface area contributed by atoms with Crippen LogP contribution in [0.2, 0.25) is 0 Å². The van der Waals surface area contributed by atoms with Crippen molar-refractivity contribution in [1.29, 1.82) is 0 Å². The number of hydrogen-bond acceptors (Lipinski definition) is 6. The van der Waals surface area contributed by atoms with Crippen molar-refractivity contribution in [2.45, 2.75) is 28.0 Å². The van der Waals surface area contributed by atoms with Crippen molar-refractivity contribution in [3.05, 3.63) is 71.8 Å². The van der Waals surface area contributed by atoms with Crippen LogP contribution < -0.4 is 19.1 Å². The fourth-order valence-corrected chi connectivity index (χ4v) is 5.61. The lowest BCUT2D eigenvalue weighted by Crippen LogP contribution is -2.30. The average molecular weight is 482 g/mol. The molecule has 0 radical (unpaired) electrons. The highest BCUT2D eigenvalue weighted by Crippen LogP contribution is 2.49. The lowest BCUT2D eigenvalue weighted by molar-refractivity contribution is -0.118. The lowest BCUT2D eigenvalue weighted by Gasteiger charge is -2.23. The first kappa shape index (κ1) is 23.4. The van der Waals surface area contributed by atoms with Crippen LogP contribution in [0.25, 0.3) is 0 Å². The molecule has 33 heavy (non-hydrogen) atoms. The third kappa shape index (κ3) is 4.94. The van der Waals surface area contributed by atoms with Gasteiger partial charge in [-0.05, 0) is 53.8 Å². The van der Waals surface area contributed by atoms with Crippen LogP contribution in [-0.2, 0) is 11.3 Å². The summed E-state index contributed by atoms with van der Waals surface area (Å²) in [6, 6.07) is 20.4. The Balaban J connectivity index is 1.70. The van der Waals surface area contributed by atoms with E-state index in [0.29, 0.717) is 30.2 Å². The van der Waals surface area contributed by atoms with Crippen LogP contribution in [0.5, 0.6) is 17.2 Å². The third-order valence-corrected chi connectivity index (χ3v) is 7.71. The second-order valence-electron chi connectivity index (χ2n) is 7.56. The molecule has 5 nitrogen and oxygen atoms in total. The smallest absolute Gasteiger partial charge is 0.228 e. The SMILES string of the molecule is COc1cc(C2CC(=O)N(Cc3ccc(SC)cc3)c3ccccc3S2)cc(OC)c1OC. The van der Waals surface area contributed by atoms with Crippen LogP contribution in [0.4, 0.5) is 5.69 Å². The normalized spacial score (nSPS) is 15.6. The minimum Gasteiger partial charge on any atom is -0.493 e. The molecule has 3 aromatic rings. The molecule has 3 aromatic carbocycles. The quantitative estimate of drug-likeness (QED) is 0.374. The van der Waals surface area contributed by atoms with Gasteiger partial charge in [-0.3, -0.25) is 4.79 Å². The van der Waals surface area contributed by atoms with Crippen molar-refractivity contribution in [3.8, 4) is 17.2 Å². The van der Waals surface area contributed by atoms with Gasteiger partial charge in [0.05, 0.1) is 33.6 Å². The van der Waals surface area contributed by atoms with Crippen molar-refractivity contribution in [3.63, 3.8) is 0 Å². The van der Waals surface area contributed by atoms with Crippen molar-refractivity contribution >= 4 is 35.1 Å². The Morgan fingerprint density at radius 3 is 2.24 bits per heavy atom. The molecule has 1 heterocycles. The van der Waals surface area contributed by atoms with Gasteiger partial charge >= 0.3 is 0 Å². The number of carbonyl (C=O) groups excluding carboxylic acids is 1. The molecule has 0 spiro atoms. The maximum Gasteiger partial charge on any atom is 0.228 e. The Labute approximate surface area is 203 Å². The number of benzene rings is 3. The fraction of sp³-hybridized carbons (Fsp3) is 0.269. The van der Waals surface area contributed by atoms with Gasteiger partial charge in [0.1, 0.15) is 0 Å². The Hall–Kier alpha value is -2.77. The Morgan fingerprint density at radius 1 is 0.970 bits per heavy atom. The molecule has 0 bridgehead atoms. The Morgan fingerprint density at radius 2 is 1.64 bits per heavy atom. The number of amides is 1. The molecule has 4 rings (SSSR count). The van der Waals surface area contributed by atoms with Gasteiger partial charge in [-0.1, -0.05) is 24.3 Å². The first-order chi connectivity index (χ1) is 16.1. The van der Waals surface area contributed by atoms with Crippen LogP contribution in [0.15, 0.2) is 70.5 Å². The standard InChI is InChI=1S/C26H27NO4S2/c1-29-21-13-18(14-22(30-2)26(21)31-3)24-15-25(28)27(20-7-5-6-8-23(20)33-24)16-17-9-11-19(32-4)12-10-17/h5-14,24H,15-16H2,1-4H3. The molecule has 0 fully saturated rings. The van der Waals surface area contributed by atoms with E-state index >= 15 is 0 Å². The zero-order chi connectivity index (χ0) is 23.4. The summed E-state index contributed by atoms with van der Waals surface area (Å²) in [5, 5.41) is -0.0868. The van der Waals surface area contributed by atoms with E-state index in [1.165, 1.54) is 4.90 Å². The van der Waals surface area contributed by atoms with Crippen LogP contribution in [-0.4, -0.2) is 33.5 Å². The van der Waals surface area contributed by atoms with Gasteiger partial charge in [0.2, 0.25) is 11.7 Å². The molecule has 172 valence electrons. The Kier molecular flexibility index (Phi) is 7.40. The number of thioether (sulfide) groups is 2. The van der Waals surface area contributed by atoms with Crippen LogP contribution in [0, 0.1) is 0 Å². The van der Waals surface area contributed by atoms with Gasteiger partial charge in [-0.15, -0.1) is 23.5 Å². The van der Waals surface area contributed by atoms with Gasteiger partial charge < -0.3 is 19.1 Å². The third-order valence-electron chi connectivity index (χ3n) is 5.64. The molecule has 1 atom stereocenters. The molecular formula is C26H27NO4S2. The topological polar surface area (TPSA) is 48.0 Å². The van der Waals surface area contributed by atoms with Crippen molar-refractivity contribution in [2.75, 3.05) is 32.5 Å². The largest absolute Gasteiger partial charge is 0.493 e. The molecule has 1 amide bonds. The summed E-state index contributed by atoms with van der Waals surface area (Å²) in [6.07, 6.45) is 2.42. The molecule has 1 aliphatic heterocycles. The number of rotatable bonds is 7. The number of para-hydroxylation sites is 1. The molecule has 1 unspecified atom stereocenters. The van der Waals surface area contributed by atoms with E-state index in [-0.39, 0.29) is 11.2 Å². The molecule has 0 saturated carbocycles. The monoisotopic (exact) mass is 481 g/mol. The van der Waals surface area contributed by atoms with Crippen LogP contribution in [0.3, 0.4) is 0 Å². The van der Waals surface area contributed by atoms with Gasteiger partial charge in [0, 0.05) is 21.5 Å². The highest BCUT2D eigenvalue weighted by atomic mass is 32.2. The number of anilines is 1. The van der Waals surface area contributed by atoms with E-state index < -0.39 is 0 Å². The molecule has 7 heteroatoms. The highest BCUT2D eigenvalue weighted by Gasteiger charge is 2.30. The summed E-state index contributed by atoms with van der Waals surface area (Å²) in [5.41, 5.74) is 3.01.